The maximum absolute atomic E-state index is 12.7. The van der Waals surface area contributed by atoms with E-state index in [1.807, 2.05) is 0 Å². The molecule has 0 aromatic carbocycles. The van der Waals surface area contributed by atoms with Crippen LogP contribution >= 0.6 is 0 Å². The van der Waals surface area contributed by atoms with E-state index in [4.69, 9.17) is 0 Å². The normalized spacial score (nSPS) is 19.8. The number of halogens is 3. The second-order valence-corrected chi connectivity index (χ2v) is 4.41. The van der Waals surface area contributed by atoms with Crippen molar-refractivity contribution in [2.75, 3.05) is 31.6 Å². The number of piperazine rings is 1. The predicted molar refractivity (Wildman–Crippen MR) is 67.3 cm³/mol. The van der Waals surface area contributed by atoms with Crippen molar-refractivity contribution >= 4 is 11.7 Å². The lowest BCUT2D eigenvalue weighted by molar-refractivity contribution is -0.141. The first-order valence-electron chi connectivity index (χ1n) is 6.16. The number of carbonyl (C=O) groups is 1. The molecule has 5 nitrogen and oxygen atoms in total. The van der Waals surface area contributed by atoms with Gasteiger partial charge in [0.05, 0.1) is 0 Å². The van der Waals surface area contributed by atoms with Gasteiger partial charge in [-0.2, -0.15) is 13.2 Å². The summed E-state index contributed by atoms with van der Waals surface area (Å²) in [7, 11) is 1.49. The lowest BCUT2D eigenvalue weighted by Crippen LogP contribution is -2.58. The number of carbonyl (C=O) groups excluding carboxylic acids is 1. The Hall–Kier alpha value is -1.83. The van der Waals surface area contributed by atoms with Crippen molar-refractivity contribution in [2.24, 2.45) is 0 Å². The maximum Gasteiger partial charge on any atom is 0.433 e. The molecule has 0 aliphatic carbocycles. The van der Waals surface area contributed by atoms with Crippen molar-refractivity contribution in [1.29, 1.82) is 0 Å². The summed E-state index contributed by atoms with van der Waals surface area (Å²) in [5, 5.41) is 5.55. The standard InChI is InChI=1S/C12H15F3N4O/c1-16-11(20)8-7-17-5-6-19(8)10-4-2-3-9(18-10)12(13,14)15/h2-4,8,17H,5-7H2,1H3,(H,16,20). The smallest absolute Gasteiger partial charge is 0.357 e. The van der Waals surface area contributed by atoms with Crippen LogP contribution in [0.4, 0.5) is 19.0 Å². The highest BCUT2D eigenvalue weighted by molar-refractivity contribution is 5.85. The van der Waals surface area contributed by atoms with Gasteiger partial charge >= 0.3 is 6.18 Å². The molecule has 2 rings (SSSR count). The zero-order chi connectivity index (χ0) is 14.8. The largest absolute Gasteiger partial charge is 0.433 e. The van der Waals surface area contributed by atoms with Crippen LogP contribution in [-0.2, 0) is 11.0 Å². The van der Waals surface area contributed by atoms with E-state index in [2.05, 4.69) is 15.6 Å². The fourth-order valence-corrected chi connectivity index (χ4v) is 2.12. The number of amides is 1. The Kier molecular flexibility index (Phi) is 4.12. The van der Waals surface area contributed by atoms with E-state index in [0.29, 0.717) is 19.6 Å². The summed E-state index contributed by atoms with van der Waals surface area (Å²) in [4.78, 5) is 17.0. The summed E-state index contributed by atoms with van der Waals surface area (Å²) in [6, 6.07) is 3.13. The lowest BCUT2D eigenvalue weighted by Gasteiger charge is -2.35. The third-order valence-electron chi connectivity index (χ3n) is 3.11. The molecule has 2 heterocycles. The molecule has 20 heavy (non-hydrogen) atoms. The number of anilines is 1. The van der Waals surface area contributed by atoms with Gasteiger partial charge in [0.2, 0.25) is 5.91 Å². The number of alkyl halides is 3. The molecular formula is C12H15F3N4O. The Balaban J connectivity index is 2.30. The zero-order valence-corrected chi connectivity index (χ0v) is 10.9. The van der Waals surface area contributed by atoms with E-state index in [9.17, 15) is 18.0 Å². The summed E-state index contributed by atoms with van der Waals surface area (Å²) < 4.78 is 38.1. The Bertz CT molecular complexity index is 492. The molecule has 1 aliphatic heterocycles. The van der Waals surface area contributed by atoms with Gasteiger partial charge in [0.25, 0.3) is 0 Å². The minimum absolute atomic E-state index is 0.162. The number of hydrogen-bond donors (Lipinski definition) is 2. The average Bonchev–Trinajstić information content (AvgIpc) is 2.45. The van der Waals surface area contributed by atoms with E-state index < -0.39 is 17.9 Å². The highest BCUT2D eigenvalue weighted by atomic mass is 19.4. The van der Waals surface area contributed by atoms with Gasteiger partial charge in [-0.15, -0.1) is 0 Å². The Morgan fingerprint density at radius 3 is 2.90 bits per heavy atom. The van der Waals surface area contributed by atoms with Gasteiger partial charge in [0.1, 0.15) is 17.6 Å². The van der Waals surface area contributed by atoms with Gasteiger partial charge in [-0.05, 0) is 12.1 Å². The SMILES string of the molecule is CNC(=O)C1CNCCN1c1cccc(C(F)(F)F)n1. The molecule has 1 fully saturated rings. The molecule has 0 spiro atoms. The highest BCUT2D eigenvalue weighted by Crippen LogP contribution is 2.29. The Morgan fingerprint density at radius 2 is 2.25 bits per heavy atom. The highest BCUT2D eigenvalue weighted by Gasteiger charge is 2.34. The van der Waals surface area contributed by atoms with Gasteiger partial charge < -0.3 is 15.5 Å². The molecule has 0 bridgehead atoms. The van der Waals surface area contributed by atoms with Crippen LogP contribution < -0.4 is 15.5 Å². The average molecular weight is 288 g/mol. The van der Waals surface area contributed by atoms with Crippen LogP contribution in [0.5, 0.6) is 0 Å². The van der Waals surface area contributed by atoms with E-state index in [-0.39, 0.29) is 11.7 Å². The van der Waals surface area contributed by atoms with Crippen molar-refractivity contribution in [3.05, 3.63) is 23.9 Å². The topological polar surface area (TPSA) is 57.3 Å². The summed E-state index contributed by atoms with van der Waals surface area (Å²) in [5.41, 5.74) is -0.954. The third kappa shape index (κ3) is 3.01. The second kappa shape index (κ2) is 5.66. The molecular weight excluding hydrogens is 273 g/mol. The number of pyridine rings is 1. The maximum atomic E-state index is 12.7. The summed E-state index contributed by atoms with van der Waals surface area (Å²) in [6.45, 7) is 1.38. The zero-order valence-electron chi connectivity index (χ0n) is 10.9. The second-order valence-electron chi connectivity index (χ2n) is 4.41. The van der Waals surface area contributed by atoms with Crippen molar-refractivity contribution < 1.29 is 18.0 Å². The monoisotopic (exact) mass is 288 g/mol. The minimum Gasteiger partial charge on any atom is -0.357 e. The molecule has 1 aliphatic rings. The van der Waals surface area contributed by atoms with Crippen LogP contribution in [-0.4, -0.2) is 43.6 Å². The van der Waals surface area contributed by atoms with Crippen LogP contribution in [0.25, 0.3) is 0 Å². The predicted octanol–water partition coefficient (Wildman–Crippen LogP) is 0.625. The van der Waals surface area contributed by atoms with Crippen molar-refractivity contribution in [3.8, 4) is 0 Å². The molecule has 2 N–H and O–H groups in total. The molecule has 1 unspecified atom stereocenters. The van der Waals surface area contributed by atoms with Crippen LogP contribution in [0.1, 0.15) is 5.69 Å². The summed E-state index contributed by atoms with van der Waals surface area (Å²) in [6.07, 6.45) is -4.49. The van der Waals surface area contributed by atoms with Crippen LogP contribution in [0.15, 0.2) is 18.2 Å². The number of likely N-dealkylation sites (N-methyl/N-ethyl adjacent to an activating group) is 1. The molecule has 110 valence electrons. The minimum atomic E-state index is -4.49. The Morgan fingerprint density at radius 1 is 1.50 bits per heavy atom. The van der Waals surface area contributed by atoms with Gasteiger partial charge in [-0.3, -0.25) is 4.79 Å². The number of nitrogens with one attached hydrogen (secondary N) is 2. The van der Waals surface area contributed by atoms with E-state index in [1.54, 1.807) is 4.90 Å². The molecule has 8 heteroatoms. The van der Waals surface area contributed by atoms with Gasteiger partial charge in [0.15, 0.2) is 0 Å². The molecule has 0 radical (unpaired) electrons. The van der Waals surface area contributed by atoms with Gasteiger partial charge in [0, 0.05) is 26.7 Å². The van der Waals surface area contributed by atoms with E-state index in [1.165, 1.54) is 19.2 Å². The van der Waals surface area contributed by atoms with Crippen molar-refractivity contribution in [3.63, 3.8) is 0 Å². The van der Waals surface area contributed by atoms with Gasteiger partial charge in [-0.1, -0.05) is 6.07 Å². The number of aromatic nitrogens is 1. The molecule has 1 saturated heterocycles. The first-order chi connectivity index (χ1) is 9.43. The molecule has 1 aromatic heterocycles. The van der Waals surface area contributed by atoms with E-state index >= 15 is 0 Å². The molecule has 1 atom stereocenters. The Labute approximate surface area is 114 Å². The quantitative estimate of drug-likeness (QED) is 0.838. The van der Waals surface area contributed by atoms with Crippen LogP contribution in [0.2, 0.25) is 0 Å². The van der Waals surface area contributed by atoms with Crippen LogP contribution in [0, 0.1) is 0 Å². The molecule has 1 amide bonds. The van der Waals surface area contributed by atoms with E-state index in [0.717, 1.165) is 6.07 Å². The third-order valence-corrected chi connectivity index (χ3v) is 3.11. The summed E-state index contributed by atoms with van der Waals surface area (Å²) in [5.74, 6) is -0.0914. The molecule has 1 aromatic rings. The fourth-order valence-electron chi connectivity index (χ4n) is 2.12. The first-order valence-corrected chi connectivity index (χ1v) is 6.16. The van der Waals surface area contributed by atoms with Crippen LogP contribution in [0.3, 0.4) is 0 Å². The summed E-state index contributed by atoms with van der Waals surface area (Å²) >= 11 is 0. The number of hydrogen-bond acceptors (Lipinski definition) is 4. The van der Waals surface area contributed by atoms with Gasteiger partial charge in [-0.25, -0.2) is 4.98 Å². The van der Waals surface area contributed by atoms with Crippen molar-refractivity contribution in [1.82, 2.24) is 15.6 Å². The lowest BCUT2D eigenvalue weighted by atomic mass is 10.1. The fraction of sp³-hybridized carbons (Fsp3) is 0.500. The molecule has 0 saturated carbocycles. The first kappa shape index (κ1) is 14.6. The number of rotatable bonds is 2. The number of nitrogens with zero attached hydrogens (tertiary/aromatic N) is 2. The van der Waals surface area contributed by atoms with Crippen molar-refractivity contribution in [2.45, 2.75) is 12.2 Å².